The highest BCUT2D eigenvalue weighted by atomic mass is 35.5. The summed E-state index contributed by atoms with van der Waals surface area (Å²) < 4.78 is 59.7. The Morgan fingerprint density at radius 1 is 1.13 bits per heavy atom. The van der Waals surface area contributed by atoms with E-state index >= 15 is 0 Å². The highest BCUT2D eigenvalue weighted by Gasteiger charge is 2.38. The van der Waals surface area contributed by atoms with Crippen molar-refractivity contribution in [2.45, 2.75) is 37.3 Å². The lowest BCUT2D eigenvalue weighted by molar-refractivity contribution is 0.135. The number of piperidine rings is 1. The SMILES string of the molecule is Cc1cccc2c1N(C1CCN(S(=O)(=O)c3cc(Cl)c(F)cc3F)CC1)C(=O)OC2. The number of carbonyl (C=O) groups excluding carboxylic acids is 1. The average molecular weight is 457 g/mol. The van der Waals surface area contributed by atoms with E-state index in [0.29, 0.717) is 18.9 Å². The van der Waals surface area contributed by atoms with E-state index < -0.39 is 37.7 Å². The van der Waals surface area contributed by atoms with Crippen LogP contribution in [0.5, 0.6) is 0 Å². The van der Waals surface area contributed by atoms with E-state index in [1.54, 1.807) is 4.90 Å². The highest BCUT2D eigenvalue weighted by Crippen LogP contribution is 2.35. The van der Waals surface area contributed by atoms with Gasteiger partial charge in [-0.3, -0.25) is 4.90 Å². The third-order valence-electron chi connectivity index (χ3n) is 5.49. The molecule has 2 aliphatic rings. The minimum absolute atomic E-state index is 0.0758. The number of benzene rings is 2. The molecule has 0 spiro atoms. The summed E-state index contributed by atoms with van der Waals surface area (Å²) in [7, 11) is -4.20. The van der Waals surface area contributed by atoms with Crippen LogP contribution in [-0.2, 0) is 21.4 Å². The number of carbonyl (C=O) groups is 1. The minimum Gasteiger partial charge on any atom is -0.444 e. The maximum Gasteiger partial charge on any atom is 0.414 e. The Morgan fingerprint density at radius 3 is 2.53 bits per heavy atom. The molecule has 2 aromatic carbocycles. The lowest BCUT2D eigenvalue weighted by Gasteiger charge is -2.40. The zero-order valence-corrected chi connectivity index (χ0v) is 17.6. The molecule has 4 rings (SSSR count). The lowest BCUT2D eigenvalue weighted by Crippen LogP contribution is -2.50. The molecule has 0 aromatic heterocycles. The summed E-state index contributed by atoms with van der Waals surface area (Å²) in [5, 5.41) is -0.465. The van der Waals surface area contributed by atoms with Crippen LogP contribution in [0.2, 0.25) is 5.02 Å². The number of rotatable bonds is 3. The molecule has 0 atom stereocenters. The molecule has 1 saturated heterocycles. The van der Waals surface area contributed by atoms with Gasteiger partial charge >= 0.3 is 6.09 Å². The summed E-state index contributed by atoms with van der Waals surface area (Å²) in [6.07, 6.45) is 0.228. The van der Waals surface area contributed by atoms with E-state index in [2.05, 4.69) is 0 Å². The molecule has 0 aliphatic carbocycles. The molecule has 0 bridgehead atoms. The van der Waals surface area contributed by atoms with Crippen LogP contribution in [0.1, 0.15) is 24.0 Å². The number of cyclic esters (lactones) is 1. The van der Waals surface area contributed by atoms with Crippen LogP contribution >= 0.6 is 11.6 Å². The number of amides is 1. The van der Waals surface area contributed by atoms with Crippen LogP contribution in [0.3, 0.4) is 0 Å². The van der Waals surface area contributed by atoms with Gasteiger partial charge in [-0.05, 0) is 31.4 Å². The smallest absolute Gasteiger partial charge is 0.414 e. The van der Waals surface area contributed by atoms with Gasteiger partial charge in [-0.2, -0.15) is 4.31 Å². The molecule has 30 heavy (non-hydrogen) atoms. The van der Waals surface area contributed by atoms with Crippen LogP contribution in [0.15, 0.2) is 35.2 Å². The molecule has 2 aromatic rings. The Morgan fingerprint density at radius 2 is 1.83 bits per heavy atom. The van der Waals surface area contributed by atoms with E-state index in [-0.39, 0.29) is 25.7 Å². The van der Waals surface area contributed by atoms with E-state index in [9.17, 15) is 22.0 Å². The summed E-state index contributed by atoms with van der Waals surface area (Å²) >= 11 is 5.65. The number of sulfonamides is 1. The molecule has 6 nitrogen and oxygen atoms in total. The fourth-order valence-corrected chi connectivity index (χ4v) is 5.76. The van der Waals surface area contributed by atoms with Crippen LogP contribution < -0.4 is 4.90 Å². The predicted octanol–water partition coefficient (Wildman–Crippen LogP) is 4.24. The maximum atomic E-state index is 14.1. The van der Waals surface area contributed by atoms with Crippen LogP contribution in [0.25, 0.3) is 0 Å². The van der Waals surface area contributed by atoms with Gasteiger partial charge in [0.1, 0.15) is 23.1 Å². The third-order valence-corrected chi connectivity index (χ3v) is 7.69. The first-order chi connectivity index (χ1) is 14.2. The summed E-state index contributed by atoms with van der Waals surface area (Å²) in [4.78, 5) is 13.4. The molecule has 1 fully saturated rings. The number of halogens is 3. The Labute approximate surface area is 178 Å². The van der Waals surface area contributed by atoms with Crippen molar-refractivity contribution in [1.82, 2.24) is 4.31 Å². The maximum absolute atomic E-state index is 14.1. The minimum atomic E-state index is -4.20. The van der Waals surface area contributed by atoms with Crippen LogP contribution in [-0.4, -0.2) is 37.9 Å². The summed E-state index contributed by atoms with van der Waals surface area (Å²) in [6.45, 7) is 2.26. The summed E-state index contributed by atoms with van der Waals surface area (Å²) in [5.74, 6) is -2.22. The van der Waals surface area contributed by atoms with E-state index in [0.717, 1.165) is 27.2 Å². The van der Waals surface area contributed by atoms with Crippen molar-refractivity contribution in [2.75, 3.05) is 18.0 Å². The largest absolute Gasteiger partial charge is 0.444 e. The van der Waals surface area contributed by atoms with E-state index in [4.69, 9.17) is 16.3 Å². The monoisotopic (exact) mass is 456 g/mol. The van der Waals surface area contributed by atoms with Crippen molar-refractivity contribution in [3.8, 4) is 0 Å². The fourth-order valence-electron chi connectivity index (χ4n) is 3.99. The predicted molar refractivity (Wildman–Crippen MR) is 107 cm³/mol. The second-order valence-corrected chi connectivity index (χ2v) is 9.65. The number of aryl methyl sites for hydroxylation is 1. The van der Waals surface area contributed by atoms with Crippen molar-refractivity contribution in [2.24, 2.45) is 0 Å². The van der Waals surface area contributed by atoms with E-state index in [1.165, 1.54) is 0 Å². The molecule has 2 aliphatic heterocycles. The zero-order valence-electron chi connectivity index (χ0n) is 16.1. The van der Waals surface area contributed by atoms with Gasteiger partial charge < -0.3 is 4.74 Å². The first kappa shape index (κ1) is 21.0. The standard InChI is InChI=1S/C20H19ClF2N2O4S/c1-12-3-2-4-13-11-29-20(26)25(19(12)13)14-5-7-24(8-6-14)30(27,28)18-9-15(21)16(22)10-17(18)23/h2-4,9-10,14H,5-8,11H2,1H3. The van der Waals surface area contributed by atoms with Crippen molar-refractivity contribution in [1.29, 1.82) is 0 Å². The summed E-state index contributed by atoms with van der Waals surface area (Å²) in [5.41, 5.74) is 2.63. The molecule has 0 N–H and O–H groups in total. The molecule has 10 heteroatoms. The van der Waals surface area contributed by atoms with Crippen molar-refractivity contribution < 1.29 is 26.7 Å². The van der Waals surface area contributed by atoms with Gasteiger partial charge in [0, 0.05) is 30.8 Å². The Bertz CT molecular complexity index is 1120. The second kappa shape index (κ2) is 7.79. The number of fused-ring (bicyclic) bond motifs is 1. The van der Waals surface area contributed by atoms with E-state index in [1.807, 2.05) is 25.1 Å². The molecule has 2 heterocycles. The number of para-hydroxylation sites is 1. The van der Waals surface area contributed by atoms with Gasteiger partial charge in [-0.25, -0.2) is 22.0 Å². The number of nitrogens with zero attached hydrogens (tertiary/aromatic N) is 2. The number of ether oxygens (including phenoxy) is 1. The zero-order chi connectivity index (χ0) is 21.6. The van der Waals surface area contributed by atoms with Crippen molar-refractivity contribution in [3.05, 3.63) is 58.1 Å². The van der Waals surface area contributed by atoms with Gasteiger partial charge in [0.25, 0.3) is 0 Å². The fraction of sp³-hybridized carbons (Fsp3) is 0.350. The second-order valence-electron chi connectivity index (χ2n) is 7.34. The Kier molecular flexibility index (Phi) is 5.46. The third kappa shape index (κ3) is 3.55. The highest BCUT2D eigenvalue weighted by molar-refractivity contribution is 7.89. The molecule has 0 saturated carbocycles. The van der Waals surface area contributed by atoms with Crippen molar-refractivity contribution >= 4 is 33.4 Å². The van der Waals surface area contributed by atoms with Crippen LogP contribution in [0, 0.1) is 18.6 Å². The normalized spacial score (nSPS) is 18.3. The first-order valence-electron chi connectivity index (χ1n) is 9.39. The molecule has 1 amide bonds. The van der Waals surface area contributed by atoms with Gasteiger partial charge in [-0.15, -0.1) is 0 Å². The number of hydrogen-bond acceptors (Lipinski definition) is 4. The molecular formula is C20H19ClF2N2O4S. The number of hydrogen-bond donors (Lipinski definition) is 0. The topological polar surface area (TPSA) is 66.9 Å². The van der Waals surface area contributed by atoms with Gasteiger partial charge in [0.05, 0.1) is 10.7 Å². The quantitative estimate of drug-likeness (QED) is 0.648. The van der Waals surface area contributed by atoms with Gasteiger partial charge in [-0.1, -0.05) is 29.8 Å². The van der Waals surface area contributed by atoms with Gasteiger partial charge in [0.2, 0.25) is 10.0 Å². The Balaban J connectivity index is 1.57. The average Bonchev–Trinajstić information content (AvgIpc) is 2.71. The lowest BCUT2D eigenvalue weighted by atomic mass is 10.00. The molecule has 160 valence electrons. The summed E-state index contributed by atoms with van der Waals surface area (Å²) in [6, 6.07) is 6.68. The number of anilines is 1. The van der Waals surface area contributed by atoms with Crippen molar-refractivity contribution in [3.63, 3.8) is 0 Å². The molecule has 0 unspecified atom stereocenters. The molecular weight excluding hydrogens is 438 g/mol. The first-order valence-corrected chi connectivity index (χ1v) is 11.2. The van der Waals surface area contributed by atoms with Crippen LogP contribution in [0.4, 0.5) is 19.3 Å². The van der Waals surface area contributed by atoms with Gasteiger partial charge in [0.15, 0.2) is 0 Å². The molecule has 0 radical (unpaired) electrons. The Hall–Kier alpha value is -2.23.